The first-order valence-corrected chi connectivity index (χ1v) is 6.33. The maximum atomic E-state index is 10.8. The zero-order valence-electron chi connectivity index (χ0n) is 9.67. The molecular weight excluding hydrogens is 188 g/mol. The van der Waals surface area contributed by atoms with Crippen molar-refractivity contribution in [3.63, 3.8) is 0 Å². The van der Waals surface area contributed by atoms with Gasteiger partial charge in [0.1, 0.15) is 11.4 Å². The van der Waals surface area contributed by atoms with Crippen LogP contribution >= 0.6 is 0 Å². The van der Waals surface area contributed by atoms with Crippen molar-refractivity contribution >= 4 is 0 Å². The number of aliphatic hydroxyl groups is 1. The van der Waals surface area contributed by atoms with Gasteiger partial charge >= 0.3 is 0 Å². The lowest BCUT2D eigenvalue weighted by atomic mass is 9.72. The maximum Gasteiger partial charge on any atom is 0.124 e. The van der Waals surface area contributed by atoms with E-state index in [1.54, 1.807) is 0 Å². The van der Waals surface area contributed by atoms with Crippen molar-refractivity contribution in [2.45, 2.75) is 57.5 Å². The highest BCUT2D eigenvalue weighted by atomic mass is 16.5. The van der Waals surface area contributed by atoms with Crippen LogP contribution in [-0.4, -0.2) is 17.3 Å². The quantitative estimate of drug-likeness (QED) is 0.759. The van der Waals surface area contributed by atoms with Gasteiger partial charge in [0.25, 0.3) is 0 Å². The molecule has 0 saturated heterocycles. The third-order valence-corrected chi connectivity index (χ3v) is 3.89. The van der Waals surface area contributed by atoms with Gasteiger partial charge in [-0.3, -0.25) is 0 Å². The second-order valence-corrected chi connectivity index (χ2v) is 4.83. The first kappa shape index (κ1) is 11.0. The summed E-state index contributed by atoms with van der Waals surface area (Å²) in [7, 11) is 0. The average Bonchev–Trinajstić information content (AvgIpc) is 2.31. The number of hydrogen-bond donors (Lipinski definition) is 1. The summed E-state index contributed by atoms with van der Waals surface area (Å²) < 4.78 is 5.66. The molecule has 1 heterocycles. The van der Waals surface area contributed by atoms with E-state index in [4.69, 9.17) is 4.74 Å². The molecule has 15 heavy (non-hydrogen) atoms. The van der Waals surface area contributed by atoms with Gasteiger partial charge in [0.15, 0.2) is 0 Å². The van der Waals surface area contributed by atoms with Gasteiger partial charge in [-0.15, -0.1) is 0 Å². The SMILES string of the molecule is CCC1CCCCC1(O)C1=CCCCO1. The van der Waals surface area contributed by atoms with Crippen molar-refractivity contribution in [1.29, 1.82) is 0 Å². The van der Waals surface area contributed by atoms with Gasteiger partial charge in [0.2, 0.25) is 0 Å². The van der Waals surface area contributed by atoms with Gasteiger partial charge in [-0.1, -0.05) is 26.2 Å². The van der Waals surface area contributed by atoms with Crippen LogP contribution in [0.3, 0.4) is 0 Å². The molecule has 2 nitrogen and oxygen atoms in total. The van der Waals surface area contributed by atoms with E-state index in [-0.39, 0.29) is 0 Å². The Labute approximate surface area is 92.3 Å². The molecule has 0 bridgehead atoms. The normalized spacial score (nSPS) is 36.9. The van der Waals surface area contributed by atoms with E-state index in [9.17, 15) is 5.11 Å². The minimum atomic E-state index is -0.645. The van der Waals surface area contributed by atoms with E-state index in [0.717, 1.165) is 50.9 Å². The molecule has 1 saturated carbocycles. The van der Waals surface area contributed by atoms with E-state index in [1.807, 2.05) is 0 Å². The zero-order valence-corrected chi connectivity index (χ0v) is 9.67. The Balaban J connectivity index is 2.17. The van der Waals surface area contributed by atoms with E-state index < -0.39 is 5.60 Å². The van der Waals surface area contributed by atoms with Gasteiger partial charge in [-0.25, -0.2) is 0 Å². The third-order valence-electron chi connectivity index (χ3n) is 3.89. The van der Waals surface area contributed by atoms with Crippen LogP contribution in [0.4, 0.5) is 0 Å². The predicted molar refractivity (Wildman–Crippen MR) is 60.5 cm³/mol. The predicted octanol–water partition coefficient (Wildman–Crippen LogP) is 3.01. The number of hydrogen-bond acceptors (Lipinski definition) is 2. The summed E-state index contributed by atoms with van der Waals surface area (Å²) in [5.74, 6) is 1.27. The van der Waals surface area contributed by atoms with Crippen molar-refractivity contribution < 1.29 is 9.84 Å². The number of allylic oxidation sites excluding steroid dienone is 1. The van der Waals surface area contributed by atoms with Crippen molar-refractivity contribution in [2.75, 3.05) is 6.61 Å². The minimum absolute atomic E-state index is 0.399. The first-order chi connectivity index (χ1) is 7.27. The highest BCUT2D eigenvalue weighted by molar-refractivity contribution is 5.15. The number of ether oxygens (including phenoxy) is 1. The largest absolute Gasteiger partial charge is 0.495 e. The standard InChI is InChI=1S/C13H22O2/c1-2-11-7-3-5-9-13(11,14)12-8-4-6-10-15-12/h8,11,14H,2-7,9-10H2,1H3. The molecule has 0 aromatic rings. The molecule has 0 spiro atoms. The fourth-order valence-electron chi connectivity index (χ4n) is 2.95. The molecule has 2 heteroatoms. The molecule has 0 amide bonds. The summed E-state index contributed by atoms with van der Waals surface area (Å²) in [4.78, 5) is 0. The van der Waals surface area contributed by atoms with Crippen LogP contribution in [0.2, 0.25) is 0 Å². The van der Waals surface area contributed by atoms with Gasteiger partial charge in [0.05, 0.1) is 6.61 Å². The average molecular weight is 210 g/mol. The maximum absolute atomic E-state index is 10.8. The van der Waals surface area contributed by atoms with Crippen molar-refractivity contribution in [1.82, 2.24) is 0 Å². The molecule has 1 N–H and O–H groups in total. The summed E-state index contributed by atoms with van der Waals surface area (Å²) in [6.45, 7) is 2.95. The first-order valence-electron chi connectivity index (χ1n) is 6.33. The van der Waals surface area contributed by atoms with E-state index >= 15 is 0 Å². The topological polar surface area (TPSA) is 29.5 Å². The second kappa shape index (κ2) is 4.56. The lowest BCUT2D eigenvalue weighted by Crippen LogP contribution is -2.43. The third kappa shape index (κ3) is 2.05. The Morgan fingerprint density at radius 2 is 2.33 bits per heavy atom. The van der Waals surface area contributed by atoms with E-state index in [0.29, 0.717) is 5.92 Å². The zero-order chi connectivity index (χ0) is 10.7. The van der Waals surface area contributed by atoms with Crippen molar-refractivity contribution in [3.8, 4) is 0 Å². The summed E-state index contributed by atoms with van der Waals surface area (Å²) in [5, 5.41) is 10.8. The minimum Gasteiger partial charge on any atom is -0.495 e. The second-order valence-electron chi connectivity index (χ2n) is 4.83. The number of rotatable bonds is 2. The van der Waals surface area contributed by atoms with Crippen LogP contribution in [0.25, 0.3) is 0 Å². The molecule has 2 atom stereocenters. The van der Waals surface area contributed by atoms with Gasteiger partial charge < -0.3 is 9.84 Å². The summed E-state index contributed by atoms with van der Waals surface area (Å²) in [5.41, 5.74) is -0.645. The van der Waals surface area contributed by atoms with Crippen LogP contribution in [0.1, 0.15) is 51.9 Å². The van der Waals surface area contributed by atoms with Crippen LogP contribution in [0.15, 0.2) is 11.8 Å². The molecule has 0 aromatic heterocycles. The summed E-state index contributed by atoms with van der Waals surface area (Å²) in [6, 6.07) is 0. The van der Waals surface area contributed by atoms with Crippen LogP contribution in [0, 0.1) is 5.92 Å². The molecule has 0 aromatic carbocycles. The van der Waals surface area contributed by atoms with Crippen LogP contribution in [0.5, 0.6) is 0 Å². The van der Waals surface area contributed by atoms with Crippen LogP contribution in [-0.2, 0) is 4.74 Å². The fourth-order valence-corrected chi connectivity index (χ4v) is 2.95. The van der Waals surface area contributed by atoms with Crippen molar-refractivity contribution in [2.24, 2.45) is 5.92 Å². The van der Waals surface area contributed by atoms with E-state index in [1.165, 1.54) is 6.42 Å². The Kier molecular flexibility index (Phi) is 3.35. The Hall–Kier alpha value is -0.500. The molecule has 2 unspecified atom stereocenters. The van der Waals surface area contributed by atoms with Crippen LogP contribution < -0.4 is 0 Å². The smallest absolute Gasteiger partial charge is 0.124 e. The summed E-state index contributed by atoms with van der Waals surface area (Å²) >= 11 is 0. The van der Waals surface area contributed by atoms with Crippen molar-refractivity contribution in [3.05, 3.63) is 11.8 Å². The Bertz CT molecular complexity index is 247. The molecule has 1 aliphatic carbocycles. The highest BCUT2D eigenvalue weighted by Crippen LogP contribution is 2.42. The molecule has 1 aliphatic heterocycles. The summed E-state index contributed by atoms with van der Waals surface area (Å²) in [6.07, 6.45) is 9.74. The fraction of sp³-hybridized carbons (Fsp3) is 0.846. The highest BCUT2D eigenvalue weighted by Gasteiger charge is 2.42. The Morgan fingerprint density at radius 3 is 3.00 bits per heavy atom. The lowest BCUT2D eigenvalue weighted by molar-refractivity contribution is -0.0646. The monoisotopic (exact) mass is 210 g/mol. The lowest BCUT2D eigenvalue weighted by Gasteiger charge is -2.41. The van der Waals surface area contributed by atoms with E-state index in [2.05, 4.69) is 13.0 Å². The molecule has 2 rings (SSSR count). The molecule has 2 aliphatic rings. The molecular formula is C13H22O2. The molecule has 86 valence electrons. The van der Waals surface area contributed by atoms with Gasteiger partial charge in [-0.2, -0.15) is 0 Å². The van der Waals surface area contributed by atoms with Gasteiger partial charge in [0, 0.05) is 0 Å². The molecule has 1 fully saturated rings. The molecule has 0 radical (unpaired) electrons. The Morgan fingerprint density at radius 1 is 1.47 bits per heavy atom. The van der Waals surface area contributed by atoms with Gasteiger partial charge in [-0.05, 0) is 37.7 Å².